The molecule has 3 unspecified atom stereocenters. The van der Waals surface area contributed by atoms with Crippen LogP contribution in [0, 0.1) is 0 Å². The van der Waals surface area contributed by atoms with Gasteiger partial charge in [-0.3, -0.25) is 0 Å². The molecule has 6 heteroatoms. The van der Waals surface area contributed by atoms with Crippen LogP contribution in [0.5, 0.6) is 0 Å². The summed E-state index contributed by atoms with van der Waals surface area (Å²) in [5.74, 6) is 0. The third kappa shape index (κ3) is 2.85. The first-order valence-electron chi connectivity index (χ1n) is 4.89. The molecular formula is C9H17FO5. The quantitative estimate of drug-likeness (QED) is 0.584. The van der Waals surface area contributed by atoms with Gasteiger partial charge in [0, 0.05) is 0 Å². The predicted molar refractivity (Wildman–Crippen MR) is 48.9 cm³/mol. The molecule has 1 saturated heterocycles. The summed E-state index contributed by atoms with van der Waals surface area (Å²) in [5, 5.41) is 27.5. The van der Waals surface area contributed by atoms with Gasteiger partial charge in [0.25, 0.3) is 0 Å². The Labute approximate surface area is 87.4 Å². The number of aliphatic hydroxyl groups is 3. The minimum Gasteiger partial charge on any atom is -0.394 e. The van der Waals surface area contributed by atoms with Crippen molar-refractivity contribution < 1.29 is 29.2 Å². The third-order valence-electron chi connectivity index (χ3n) is 2.21. The maximum absolute atomic E-state index is 13.4. The first-order valence-corrected chi connectivity index (χ1v) is 4.89. The molecule has 0 spiro atoms. The Kier molecular flexibility index (Phi) is 4.42. The first kappa shape index (κ1) is 12.8. The van der Waals surface area contributed by atoms with Crippen LogP contribution in [0.2, 0.25) is 0 Å². The Balaban J connectivity index is 2.65. The second-order valence-corrected chi connectivity index (χ2v) is 3.84. The number of rotatable bonds is 3. The lowest BCUT2D eigenvalue weighted by Crippen LogP contribution is -2.58. The minimum absolute atomic E-state index is 0.268. The molecule has 0 aromatic carbocycles. The zero-order valence-electron chi connectivity index (χ0n) is 8.71. The normalized spacial score (nSPS) is 42.2. The summed E-state index contributed by atoms with van der Waals surface area (Å²) >= 11 is 0. The van der Waals surface area contributed by atoms with Crippen LogP contribution in [0.1, 0.15) is 13.8 Å². The van der Waals surface area contributed by atoms with Crippen LogP contribution in [0.3, 0.4) is 0 Å². The molecule has 1 aliphatic heterocycles. The van der Waals surface area contributed by atoms with Gasteiger partial charge in [0.05, 0.1) is 12.7 Å². The number of ether oxygens (including phenoxy) is 2. The molecule has 90 valence electrons. The zero-order chi connectivity index (χ0) is 11.6. The Bertz CT molecular complexity index is 199. The molecule has 0 saturated carbocycles. The zero-order valence-corrected chi connectivity index (χ0v) is 8.71. The van der Waals surface area contributed by atoms with Crippen LogP contribution >= 0.6 is 0 Å². The van der Waals surface area contributed by atoms with E-state index in [4.69, 9.17) is 14.6 Å². The van der Waals surface area contributed by atoms with E-state index in [1.807, 2.05) is 0 Å². The second-order valence-electron chi connectivity index (χ2n) is 3.84. The molecule has 0 radical (unpaired) electrons. The van der Waals surface area contributed by atoms with Crippen LogP contribution in [0.15, 0.2) is 0 Å². The molecule has 0 aromatic rings. The maximum Gasteiger partial charge on any atom is 0.192 e. The lowest BCUT2D eigenvalue weighted by Gasteiger charge is -2.39. The average molecular weight is 224 g/mol. The lowest BCUT2D eigenvalue weighted by atomic mass is 10.0. The van der Waals surface area contributed by atoms with Crippen molar-refractivity contribution in [2.75, 3.05) is 6.61 Å². The first-order chi connectivity index (χ1) is 6.97. The van der Waals surface area contributed by atoms with Gasteiger partial charge in [-0.05, 0) is 13.8 Å². The summed E-state index contributed by atoms with van der Waals surface area (Å²) < 4.78 is 23.5. The monoisotopic (exact) mass is 224 g/mol. The molecule has 1 fully saturated rings. The van der Waals surface area contributed by atoms with Crippen molar-refractivity contribution in [2.45, 2.75) is 50.7 Å². The van der Waals surface area contributed by atoms with E-state index in [0.717, 1.165) is 0 Å². The fraction of sp³-hybridized carbons (Fsp3) is 1.00. The van der Waals surface area contributed by atoms with Crippen molar-refractivity contribution in [1.82, 2.24) is 0 Å². The van der Waals surface area contributed by atoms with Crippen LogP contribution in [-0.4, -0.2) is 58.8 Å². The van der Waals surface area contributed by atoms with E-state index in [9.17, 15) is 14.6 Å². The summed E-state index contributed by atoms with van der Waals surface area (Å²) in [4.78, 5) is 0. The highest BCUT2D eigenvalue weighted by molar-refractivity contribution is 4.89. The van der Waals surface area contributed by atoms with Gasteiger partial charge < -0.3 is 24.8 Å². The molecule has 5 nitrogen and oxygen atoms in total. The second kappa shape index (κ2) is 5.18. The van der Waals surface area contributed by atoms with E-state index < -0.39 is 37.4 Å². The number of aliphatic hydroxyl groups excluding tert-OH is 3. The smallest absolute Gasteiger partial charge is 0.192 e. The summed E-state index contributed by atoms with van der Waals surface area (Å²) in [6, 6.07) is 0. The van der Waals surface area contributed by atoms with Gasteiger partial charge in [0.15, 0.2) is 12.5 Å². The standard InChI is InChI=1S/C9H17FO5/c1-4(2)14-9-6(10)8(13)7(12)5(3-11)15-9/h4-9,11-13H,3H2,1-2H3/t5?,6?,7-,8?,9-/m1/s1. The molecule has 1 heterocycles. The highest BCUT2D eigenvalue weighted by atomic mass is 19.1. The fourth-order valence-electron chi connectivity index (χ4n) is 1.42. The van der Waals surface area contributed by atoms with Gasteiger partial charge in [-0.15, -0.1) is 0 Å². The van der Waals surface area contributed by atoms with E-state index in [2.05, 4.69) is 0 Å². The molecule has 0 aliphatic carbocycles. The molecule has 0 amide bonds. The Morgan fingerprint density at radius 1 is 1.33 bits per heavy atom. The Morgan fingerprint density at radius 3 is 2.40 bits per heavy atom. The summed E-state index contributed by atoms with van der Waals surface area (Å²) in [5.41, 5.74) is 0. The van der Waals surface area contributed by atoms with Crippen molar-refractivity contribution in [3.63, 3.8) is 0 Å². The highest BCUT2D eigenvalue weighted by Gasteiger charge is 2.45. The third-order valence-corrected chi connectivity index (χ3v) is 2.21. The Hall–Kier alpha value is -0.270. The van der Waals surface area contributed by atoms with E-state index in [1.165, 1.54) is 0 Å². The van der Waals surface area contributed by atoms with Crippen molar-refractivity contribution in [2.24, 2.45) is 0 Å². The number of hydrogen-bond acceptors (Lipinski definition) is 5. The molecule has 1 aliphatic rings. The average Bonchev–Trinajstić information content (AvgIpc) is 2.18. The SMILES string of the molecule is CC(C)O[C@@H]1OC(CO)[C@@H](O)C(O)C1F. The van der Waals surface area contributed by atoms with E-state index in [1.54, 1.807) is 13.8 Å². The van der Waals surface area contributed by atoms with Crippen LogP contribution in [0.25, 0.3) is 0 Å². The predicted octanol–water partition coefficient (Wildman–Crippen LogP) is -0.812. The molecular weight excluding hydrogens is 207 g/mol. The number of alkyl halides is 1. The summed E-state index contributed by atoms with van der Waals surface area (Å²) in [6.45, 7) is 2.89. The van der Waals surface area contributed by atoms with Crippen molar-refractivity contribution in [3.8, 4) is 0 Å². The molecule has 15 heavy (non-hydrogen) atoms. The lowest BCUT2D eigenvalue weighted by molar-refractivity contribution is -0.294. The highest BCUT2D eigenvalue weighted by Crippen LogP contribution is 2.24. The van der Waals surface area contributed by atoms with E-state index >= 15 is 0 Å². The summed E-state index contributed by atoms with van der Waals surface area (Å²) in [7, 11) is 0. The van der Waals surface area contributed by atoms with Crippen LogP contribution < -0.4 is 0 Å². The van der Waals surface area contributed by atoms with Crippen molar-refractivity contribution in [3.05, 3.63) is 0 Å². The van der Waals surface area contributed by atoms with Gasteiger partial charge in [-0.25, -0.2) is 4.39 Å². The Morgan fingerprint density at radius 2 is 1.93 bits per heavy atom. The molecule has 1 rings (SSSR count). The van der Waals surface area contributed by atoms with E-state index in [0.29, 0.717) is 0 Å². The largest absolute Gasteiger partial charge is 0.394 e. The number of hydrogen-bond donors (Lipinski definition) is 3. The molecule has 0 bridgehead atoms. The van der Waals surface area contributed by atoms with Gasteiger partial charge >= 0.3 is 0 Å². The summed E-state index contributed by atoms with van der Waals surface area (Å²) in [6.07, 6.45) is -7.38. The minimum atomic E-state index is -1.81. The molecule has 0 aromatic heterocycles. The van der Waals surface area contributed by atoms with E-state index in [-0.39, 0.29) is 6.10 Å². The van der Waals surface area contributed by atoms with Gasteiger partial charge in [-0.2, -0.15) is 0 Å². The molecule has 3 N–H and O–H groups in total. The fourth-order valence-corrected chi connectivity index (χ4v) is 1.42. The van der Waals surface area contributed by atoms with Crippen molar-refractivity contribution >= 4 is 0 Å². The van der Waals surface area contributed by atoms with Crippen LogP contribution in [-0.2, 0) is 9.47 Å². The topological polar surface area (TPSA) is 79.2 Å². The van der Waals surface area contributed by atoms with Crippen molar-refractivity contribution in [1.29, 1.82) is 0 Å². The van der Waals surface area contributed by atoms with Crippen LogP contribution in [0.4, 0.5) is 4.39 Å². The number of halogens is 1. The van der Waals surface area contributed by atoms with Gasteiger partial charge in [0.1, 0.15) is 18.3 Å². The maximum atomic E-state index is 13.4. The molecule has 5 atom stereocenters. The van der Waals surface area contributed by atoms with Gasteiger partial charge in [-0.1, -0.05) is 0 Å². The van der Waals surface area contributed by atoms with Gasteiger partial charge in [0.2, 0.25) is 0 Å².